The zero-order valence-electron chi connectivity index (χ0n) is 18.6. The second-order valence-electron chi connectivity index (χ2n) is 7.10. The number of ketones is 1. The molecular formula is C24H22ClNO7S. The van der Waals surface area contributed by atoms with Gasteiger partial charge in [-0.25, -0.2) is 13.2 Å². The van der Waals surface area contributed by atoms with Crippen molar-refractivity contribution in [2.24, 2.45) is 0 Å². The Morgan fingerprint density at radius 3 is 2.18 bits per heavy atom. The van der Waals surface area contributed by atoms with Gasteiger partial charge in [0.1, 0.15) is 11.5 Å². The first-order chi connectivity index (χ1) is 16.2. The van der Waals surface area contributed by atoms with Gasteiger partial charge in [0.15, 0.2) is 6.10 Å². The summed E-state index contributed by atoms with van der Waals surface area (Å²) >= 11 is 6.11. The van der Waals surface area contributed by atoms with E-state index in [9.17, 15) is 18.0 Å². The lowest BCUT2D eigenvalue weighted by atomic mass is 10.1. The highest BCUT2D eigenvalue weighted by Crippen LogP contribution is 2.37. The number of ether oxygens (including phenoxy) is 3. The van der Waals surface area contributed by atoms with E-state index in [0.29, 0.717) is 11.3 Å². The molecule has 1 N–H and O–H groups in total. The van der Waals surface area contributed by atoms with Crippen LogP contribution < -0.4 is 14.2 Å². The maximum absolute atomic E-state index is 13.0. The molecule has 0 saturated carbocycles. The molecule has 0 radical (unpaired) electrons. The lowest BCUT2D eigenvalue weighted by Gasteiger charge is -2.15. The number of esters is 1. The van der Waals surface area contributed by atoms with Crippen molar-refractivity contribution < 1.29 is 32.2 Å². The van der Waals surface area contributed by atoms with Gasteiger partial charge in [-0.1, -0.05) is 48.0 Å². The normalized spacial score (nSPS) is 11.9. The van der Waals surface area contributed by atoms with E-state index in [1.54, 1.807) is 30.3 Å². The molecule has 0 heterocycles. The van der Waals surface area contributed by atoms with E-state index in [2.05, 4.69) is 4.72 Å². The lowest BCUT2D eigenvalue weighted by molar-refractivity contribution is 0.0318. The Bertz CT molecular complexity index is 1310. The van der Waals surface area contributed by atoms with Crippen LogP contribution in [0.5, 0.6) is 11.5 Å². The summed E-state index contributed by atoms with van der Waals surface area (Å²) in [4.78, 5) is 24.9. The molecule has 0 aliphatic carbocycles. The minimum Gasteiger partial charge on any atom is -0.495 e. The number of anilines is 1. The van der Waals surface area contributed by atoms with Crippen LogP contribution in [0.4, 0.5) is 5.69 Å². The van der Waals surface area contributed by atoms with Crippen LogP contribution in [0.2, 0.25) is 5.02 Å². The quantitative estimate of drug-likeness (QED) is 0.336. The van der Waals surface area contributed by atoms with Crippen molar-refractivity contribution in [1.82, 2.24) is 0 Å². The number of halogens is 1. The zero-order chi connectivity index (χ0) is 24.9. The number of hydrogen-bond donors (Lipinski definition) is 1. The highest BCUT2D eigenvalue weighted by atomic mass is 35.5. The highest BCUT2D eigenvalue weighted by Gasteiger charge is 2.23. The first-order valence-corrected chi connectivity index (χ1v) is 11.9. The summed E-state index contributed by atoms with van der Waals surface area (Å²) in [7, 11) is -1.34. The van der Waals surface area contributed by atoms with Gasteiger partial charge in [-0.05, 0) is 31.2 Å². The maximum Gasteiger partial charge on any atom is 0.338 e. The molecule has 0 fully saturated rings. The first-order valence-electron chi connectivity index (χ1n) is 10.0. The molecule has 0 aromatic heterocycles. The van der Waals surface area contributed by atoms with Crippen LogP contribution in [0.25, 0.3) is 0 Å². The topological polar surface area (TPSA) is 108 Å². The van der Waals surface area contributed by atoms with Crippen LogP contribution in [0, 0.1) is 0 Å². The predicted molar refractivity (Wildman–Crippen MR) is 127 cm³/mol. The van der Waals surface area contributed by atoms with Gasteiger partial charge < -0.3 is 14.2 Å². The molecule has 0 amide bonds. The molecule has 34 heavy (non-hydrogen) atoms. The fourth-order valence-corrected chi connectivity index (χ4v) is 4.40. The number of hydrogen-bond acceptors (Lipinski definition) is 7. The van der Waals surface area contributed by atoms with Crippen LogP contribution in [-0.2, 0) is 14.8 Å². The standard InChI is InChI=1S/C24H22ClNO7S/c1-15(23(27)16-8-5-4-6-9-16)33-24(28)17-10-7-11-18(12-17)34(29,30)26-20-13-19(25)21(31-2)14-22(20)32-3/h4-15,26H,1-3H3/t15-/m1/s1. The Labute approximate surface area is 202 Å². The number of benzene rings is 3. The van der Waals surface area contributed by atoms with E-state index in [-0.39, 0.29) is 32.7 Å². The van der Waals surface area contributed by atoms with Crippen LogP contribution in [0.1, 0.15) is 27.6 Å². The number of methoxy groups -OCH3 is 2. The van der Waals surface area contributed by atoms with Crippen molar-refractivity contribution >= 4 is 39.1 Å². The van der Waals surface area contributed by atoms with Crippen LogP contribution in [0.3, 0.4) is 0 Å². The van der Waals surface area contributed by atoms with Crippen LogP contribution in [0.15, 0.2) is 71.6 Å². The fraction of sp³-hybridized carbons (Fsp3) is 0.167. The number of Topliss-reactive ketones (excluding diaryl/α,β-unsaturated/α-hetero) is 1. The molecule has 10 heteroatoms. The minimum absolute atomic E-state index is 0.0321. The summed E-state index contributed by atoms with van der Waals surface area (Å²) in [5.41, 5.74) is 0.453. The lowest BCUT2D eigenvalue weighted by Crippen LogP contribution is -2.24. The van der Waals surface area contributed by atoms with Gasteiger partial charge in [0, 0.05) is 11.6 Å². The largest absolute Gasteiger partial charge is 0.495 e. The fourth-order valence-electron chi connectivity index (χ4n) is 3.05. The SMILES string of the molecule is COc1cc(OC)c(NS(=O)(=O)c2cccc(C(=O)O[C@H](C)C(=O)c3ccccc3)c2)cc1Cl. The number of carbonyl (C=O) groups is 2. The molecule has 3 aromatic carbocycles. The maximum atomic E-state index is 13.0. The Morgan fingerprint density at radius 2 is 1.53 bits per heavy atom. The van der Waals surface area contributed by atoms with Gasteiger partial charge in [0.2, 0.25) is 5.78 Å². The molecule has 178 valence electrons. The van der Waals surface area contributed by atoms with Crippen molar-refractivity contribution in [2.75, 3.05) is 18.9 Å². The van der Waals surface area contributed by atoms with Crippen molar-refractivity contribution in [3.05, 3.63) is 82.9 Å². The molecular weight excluding hydrogens is 482 g/mol. The Kier molecular flexibility index (Phi) is 7.80. The van der Waals surface area contributed by atoms with Gasteiger partial charge >= 0.3 is 5.97 Å². The van der Waals surface area contributed by atoms with Gasteiger partial charge in [-0.15, -0.1) is 0 Å². The van der Waals surface area contributed by atoms with Crippen molar-refractivity contribution in [2.45, 2.75) is 17.9 Å². The molecule has 0 aliphatic rings. The van der Waals surface area contributed by atoms with E-state index >= 15 is 0 Å². The zero-order valence-corrected chi connectivity index (χ0v) is 20.1. The summed E-state index contributed by atoms with van der Waals surface area (Å²) in [6.45, 7) is 1.45. The average molecular weight is 504 g/mol. The molecule has 8 nitrogen and oxygen atoms in total. The molecule has 0 bridgehead atoms. The summed E-state index contributed by atoms with van der Waals surface area (Å²) in [5, 5.41) is 0.176. The van der Waals surface area contributed by atoms with Gasteiger partial charge in [0.25, 0.3) is 10.0 Å². The van der Waals surface area contributed by atoms with Crippen molar-refractivity contribution in [3.63, 3.8) is 0 Å². The first kappa shape index (κ1) is 25.1. The van der Waals surface area contributed by atoms with E-state index in [4.69, 9.17) is 25.8 Å². The van der Waals surface area contributed by atoms with E-state index in [1.165, 1.54) is 51.5 Å². The monoisotopic (exact) mass is 503 g/mol. The highest BCUT2D eigenvalue weighted by molar-refractivity contribution is 7.92. The van der Waals surface area contributed by atoms with Crippen molar-refractivity contribution in [3.8, 4) is 11.5 Å². The summed E-state index contributed by atoms with van der Waals surface area (Å²) in [6.07, 6.45) is -1.06. The predicted octanol–water partition coefficient (Wildman–Crippen LogP) is 4.59. The number of rotatable bonds is 9. The smallest absolute Gasteiger partial charge is 0.338 e. The van der Waals surface area contributed by atoms with Gasteiger partial charge in [-0.2, -0.15) is 0 Å². The Morgan fingerprint density at radius 1 is 0.882 bits per heavy atom. The summed E-state index contributed by atoms with van der Waals surface area (Å²) in [6, 6.07) is 16.5. The van der Waals surface area contributed by atoms with Crippen LogP contribution in [-0.4, -0.2) is 40.5 Å². The third-order valence-corrected chi connectivity index (χ3v) is 6.47. The molecule has 3 aromatic rings. The molecule has 0 aliphatic heterocycles. The minimum atomic E-state index is -4.13. The van der Waals surface area contributed by atoms with E-state index < -0.39 is 22.1 Å². The Hall–Kier alpha value is -3.56. The third kappa shape index (κ3) is 5.67. The molecule has 3 rings (SSSR count). The van der Waals surface area contributed by atoms with Crippen LogP contribution >= 0.6 is 11.6 Å². The number of nitrogens with one attached hydrogen (secondary N) is 1. The second-order valence-corrected chi connectivity index (χ2v) is 9.19. The molecule has 0 spiro atoms. The molecule has 0 unspecified atom stereocenters. The second kappa shape index (κ2) is 10.6. The molecule has 0 saturated heterocycles. The third-order valence-electron chi connectivity index (χ3n) is 4.81. The van der Waals surface area contributed by atoms with Crippen molar-refractivity contribution in [1.29, 1.82) is 0 Å². The van der Waals surface area contributed by atoms with Gasteiger partial charge in [-0.3, -0.25) is 9.52 Å². The molecule has 1 atom stereocenters. The summed E-state index contributed by atoms with van der Waals surface area (Å²) in [5.74, 6) is -0.708. The Balaban J connectivity index is 1.81. The average Bonchev–Trinajstić information content (AvgIpc) is 2.84. The van der Waals surface area contributed by atoms with Gasteiger partial charge in [0.05, 0.1) is 35.4 Å². The van der Waals surface area contributed by atoms with E-state index in [1.807, 2.05) is 0 Å². The van der Waals surface area contributed by atoms with E-state index in [0.717, 1.165) is 6.07 Å². The number of carbonyl (C=O) groups excluding carboxylic acids is 2. The summed E-state index contributed by atoms with van der Waals surface area (Å²) < 4.78 is 43.9. The number of sulfonamides is 1.